The van der Waals surface area contributed by atoms with E-state index in [2.05, 4.69) is 50.3 Å². The lowest BCUT2D eigenvalue weighted by Gasteiger charge is -2.29. The third-order valence-corrected chi connectivity index (χ3v) is 2.66. The number of carbonyl (C=O) groups is 1. The van der Waals surface area contributed by atoms with Crippen molar-refractivity contribution >= 4 is 16.0 Å². The Balaban J connectivity index is 0.000000763. The van der Waals surface area contributed by atoms with Gasteiger partial charge in [0.1, 0.15) is 6.54 Å². The molecule has 22 heavy (non-hydrogen) atoms. The molecule has 6 nitrogen and oxygen atoms in total. The van der Waals surface area contributed by atoms with Gasteiger partial charge >= 0.3 is 0 Å². The minimum absolute atomic E-state index is 0.107. The zero-order valence-electron chi connectivity index (χ0n) is 13.3. The minimum atomic E-state index is -3.92. The summed E-state index contributed by atoms with van der Waals surface area (Å²) in [5.74, 6) is -0.107. The van der Waals surface area contributed by atoms with Crippen molar-refractivity contribution in [2.45, 2.75) is 6.54 Å². The van der Waals surface area contributed by atoms with Gasteiger partial charge in [0.2, 0.25) is 5.91 Å². The Kier molecular flexibility index (Phi) is 8.62. The van der Waals surface area contributed by atoms with E-state index in [1.807, 2.05) is 6.07 Å². The molecule has 0 aromatic heterocycles. The number of rotatable bonds is 6. The van der Waals surface area contributed by atoms with Crippen molar-refractivity contribution in [2.75, 3.05) is 33.4 Å². The average Bonchev–Trinajstić information content (AvgIpc) is 2.37. The second-order valence-corrected chi connectivity index (χ2v) is 6.91. The van der Waals surface area contributed by atoms with Gasteiger partial charge in [-0.3, -0.25) is 4.79 Å². The van der Waals surface area contributed by atoms with Gasteiger partial charge in [0.05, 0.1) is 37.3 Å². The van der Waals surface area contributed by atoms with Crippen molar-refractivity contribution < 1.29 is 22.2 Å². The van der Waals surface area contributed by atoms with Crippen molar-refractivity contribution in [1.82, 2.24) is 5.32 Å². The van der Waals surface area contributed by atoms with Gasteiger partial charge in [-0.15, -0.1) is 0 Å². The second kappa shape index (κ2) is 9.34. The highest BCUT2D eigenvalue weighted by molar-refractivity contribution is 7.84. The molecular weight excluding hydrogens is 304 g/mol. The third-order valence-electron chi connectivity index (χ3n) is 2.66. The van der Waals surface area contributed by atoms with Gasteiger partial charge in [-0.25, -0.2) is 8.42 Å². The fourth-order valence-electron chi connectivity index (χ4n) is 1.71. The van der Waals surface area contributed by atoms with Crippen LogP contribution in [0, 0.1) is 0 Å². The molecule has 1 amide bonds. The minimum Gasteiger partial charge on any atom is -0.748 e. The molecule has 124 valence electrons. The number of hydrogen-bond donors (Lipinski definition) is 1. The number of nitrogens with one attached hydrogen (secondary N) is 1. The molecule has 0 bridgehead atoms. The van der Waals surface area contributed by atoms with E-state index >= 15 is 0 Å². The highest BCUT2D eigenvalue weighted by Crippen LogP contribution is 2.07. The van der Waals surface area contributed by atoms with Gasteiger partial charge in [0.25, 0.3) is 0 Å². The smallest absolute Gasteiger partial charge is 0.243 e. The van der Waals surface area contributed by atoms with Crippen molar-refractivity contribution in [1.29, 1.82) is 0 Å². The molecule has 0 radical (unpaired) electrons. The van der Waals surface area contributed by atoms with Crippen LogP contribution in [0.15, 0.2) is 43.0 Å². The lowest BCUT2D eigenvalue weighted by atomic mass is 10.2. The van der Waals surface area contributed by atoms with E-state index in [0.717, 1.165) is 17.6 Å². The first-order valence-corrected chi connectivity index (χ1v) is 8.52. The molecule has 0 atom stereocenters. The van der Waals surface area contributed by atoms with E-state index in [9.17, 15) is 4.79 Å². The summed E-state index contributed by atoms with van der Waals surface area (Å²) in [6, 6.07) is 10.4. The molecule has 0 aliphatic rings. The van der Waals surface area contributed by atoms with Crippen LogP contribution in [0.25, 0.3) is 0 Å². The number of amides is 1. The second-order valence-electron chi connectivity index (χ2n) is 5.50. The topological polar surface area (TPSA) is 86.3 Å². The van der Waals surface area contributed by atoms with Gasteiger partial charge in [-0.1, -0.05) is 36.9 Å². The van der Waals surface area contributed by atoms with E-state index in [1.165, 1.54) is 11.6 Å². The number of carbonyl (C=O) groups excluding carboxylic acids is 1. The van der Waals surface area contributed by atoms with E-state index < -0.39 is 10.1 Å². The van der Waals surface area contributed by atoms with Crippen molar-refractivity contribution in [3.8, 4) is 0 Å². The van der Waals surface area contributed by atoms with Gasteiger partial charge in [-0.05, 0) is 6.08 Å². The molecule has 1 N–H and O–H groups in total. The van der Waals surface area contributed by atoms with Crippen LogP contribution in [0.5, 0.6) is 0 Å². The average molecular weight is 328 g/mol. The maximum Gasteiger partial charge on any atom is 0.243 e. The lowest BCUT2D eigenvalue weighted by Crippen LogP contribution is -2.44. The maximum absolute atomic E-state index is 11.0. The van der Waals surface area contributed by atoms with Gasteiger partial charge < -0.3 is 14.4 Å². The third kappa shape index (κ3) is 13.3. The monoisotopic (exact) mass is 328 g/mol. The summed E-state index contributed by atoms with van der Waals surface area (Å²) >= 11 is 0. The molecule has 0 aliphatic heterocycles. The van der Waals surface area contributed by atoms with E-state index in [1.54, 1.807) is 0 Å². The predicted octanol–water partition coefficient (Wildman–Crippen LogP) is 0.727. The highest BCUT2D eigenvalue weighted by atomic mass is 32.2. The lowest BCUT2D eigenvalue weighted by molar-refractivity contribution is -0.902. The molecule has 1 aromatic rings. The van der Waals surface area contributed by atoms with Gasteiger partial charge in [0.15, 0.2) is 0 Å². The Morgan fingerprint density at radius 2 is 1.82 bits per heavy atom. The van der Waals surface area contributed by atoms with Gasteiger partial charge in [0, 0.05) is 11.8 Å². The summed E-state index contributed by atoms with van der Waals surface area (Å²) in [4.78, 5) is 11.0. The maximum atomic E-state index is 11.0. The first-order chi connectivity index (χ1) is 10.0. The fraction of sp³-hybridized carbons (Fsp3) is 0.400. The largest absolute Gasteiger partial charge is 0.748 e. The molecule has 0 aliphatic carbocycles. The summed E-state index contributed by atoms with van der Waals surface area (Å²) in [6.07, 6.45) is 1.91. The number of hydrogen-bond acceptors (Lipinski definition) is 4. The molecule has 7 heteroatoms. The highest BCUT2D eigenvalue weighted by Gasteiger charge is 2.15. The molecular formula is C15H24N2O4S. The molecule has 0 heterocycles. The van der Waals surface area contributed by atoms with Gasteiger partial charge in [-0.2, -0.15) is 0 Å². The van der Waals surface area contributed by atoms with Crippen LogP contribution in [0.4, 0.5) is 0 Å². The standard InChI is InChI=1S/C14H20N2O.CH4O3S/c1-4-14(17)15-10-11-16(2,3)12-13-8-6-5-7-9-13;1-5(2,3)4/h4-9H,1,10-12H2,2-3H3;1H3,(H,2,3,4). The SMILES string of the molecule is C=CC(=O)NCC[N+](C)(C)Cc1ccccc1.CS(=O)(=O)[O-]. The Morgan fingerprint density at radius 3 is 2.27 bits per heavy atom. The Hall–Kier alpha value is -1.70. The predicted molar refractivity (Wildman–Crippen MR) is 85.9 cm³/mol. The molecule has 0 spiro atoms. The summed E-state index contributed by atoms with van der Waals surface area (Å²) in [6.45, 7) is 5.96. The van der Waals surface area contributed by atoms with E-state index in [4.69, 9.17) is 13.0 Å². The Bertz CT molecular complexity index is 560. The van der Waals surface area contributed by atoms with Crippen molar-refractivity contribution in [3.63, 3.8) is 0 Å². The Labute approximate surface area is 132 Å². The molecule has 1 rings (SSSR count). The van der Waals surface area contributed by atoms with Crippen LogP contribution in [-0.4, -0.2) is 56.8 Å². The first-order valence-electron chi connectivity index (χ1n) is 6.70. The summed E-state index contributed by atoms with van der Waals surface area (Å²) < 4.78 is 28.1. The molecule has 1 aromatic carbocycles. The van der Waals surface area contributed by atoms with E-state index in [-0.39, 0.29) is 5.91 Å². The number of quaternary nitrogens is 1. The zero-order valence-corrected chi connectivity index (χ0v) is 14.1. The zero-order chi connectivity index (χ0) is 17.2. The molecule has 0 saturated heterocycles. The summed E-state index contributed by atoms with van der Waals surface area (Å²) in [5.41, 5.74) is 1.31. The normalized spacial score (nSPS) is 11.1. The Morgan fingerprint density at radius 1 is 1.32 bits per heavy atom. The van der Waals surface area contributed by atoms with Crippen LogP contribution in [0.1, 0.15) is 5.56 Å². The van der Waals surface area contributed by atoms with Crippen molar-refractivity contribution in [2.24, 2.45) is 0 Å². The number of likely N-dealkylation sites (N-methyl/N-ethyl adjacent to an activating group) is 1. The summed E-state index contributed by atoms with van der Waals surface area (Å²) in [7, 11) is 0.403. The van der Waals surface area contributed by atoms with Crippen LogP contribution in [0.3, 0.4) is 0 Å². The molecule has 0 fully saturated rings. The van der Waals surface area contributed by atoms with Crippen molar-refractivity contribution in [3.05, 3.63) is 48.6 Å². The van der Waals surface area contributed by atoms with E-state index in [0.29, 0.717) is 12.8 Å². The van der Waals surface area contributed by atoms with Crippen LogP contribution in [-0.2, 0) is 21.5 Å². The van der Waals surface area contributed by atoms with Crippen LogP contribution >= 0.6 is 0 Å². The summed E-state index contributed by atoms with van der Waals surface area (Å²) in [5, 5.41) is 2.80. The number of nitrogens with zero attached hydrogens (tertiary/aromatic N) is 1. The molecule has 0 saturated carbocycles. The molecule has 0 unspecified atom stereocenters. The van der Waals surface area contributed by atoms with Crippen LogP contribution < -0.4 is 5.32 Å². The number of benzene rings is 1. The fourth-order valence-corrected chi connectivity index (χ4v) is 1.71. The quantitative estimate of drug-likeness (QED) is 0.474. The van der Waals surface area contributed by atoms with Crippen LogP contribution in [0.2, 0.25) is 0 Å². The first kappa shape index (κ1) is 20.3.